The largest absolute Gasteiger partial charge is 0.463 e. The van der Waals surface area contributed by atoms with Gasteiger partial charge in [0.25, 0.3) is 0 Å². The predicted molar refractivity (Wildman–Crippen MR) is 137 cm³/mol. The van der Waals surface area contributed by atoms with Gasteiger partial charge in [-0.2, -0.15) is 5.21 Å². The number of H-pyrrole nitrogens is 1. The number of unbranched alkanes of at least 4 members (excludes halogenated alkanes) is 1. The molecule has 0 saturated carbocycles. The van der Waals surface area contributed by atoms with Crippen molar-refractivity contribution < 1.29 is 14.3 Å². The van der Waals surface area contributed by atoms with Gasteiger partial charge in [0.05, 0.1) is 13.2 Å². The number of hydrogen-bond acceptors (Lipinski definition) is 6. The summed E-state index contributed by atoms with van der Waals surface area (Å²) in [7, 11) is 0. The number of aromatic amines is 1. The van der Waals surface area contributed by atoms with Gasteiger partial charge >= 0.3 is 5.97 Å². The lowest BCUT2D eigenvalue weighted by Gasteiger charge is -2.41. The molecular weight excluding hydrogens is 454 g/mol. The first-order valence-electron chi connectivity index (χ1n) is 12.5. The minimum atomic E-state index is -0.404. The monoisotopic (exact) mass is 487 g/mol. The van der Waals surface area contributed by atoms with Crippen molar-refractivity contribution in [2.24, 2.45) is 5.41 Å². The number of tetrazole rings is 1. The number of nitrogens with zero attached hydrogens (tertiary/aromatic N) is 4. The van der Waals surface area contributed by atoms with E-state index in [-0.39, 0.29) is 11.3 Å². The number of rotatable bonds is 9. The van der Waals surface area contributed by atoms with Crippen molar-refractivity contribution in [3.05, 3.63) is 65.9 Å². The number of piperidine rings is 1. The Hall–Kier alpha value is -3.81. The van der Waals surface area contributed by atoms with Gasteiger partial charge in [-0.3, -0.25) is 4.79 Å². The summed E-state index contributed by atoms with van der Waals surface area (Å²) in [5.74, 6) is 0.175. The minimum absolute atomic E-state index is 0.0435. The minimum Gasteiger partial charge on any atom is -0.463 e. The van der Waals surface area contributed by atoms with Crippen LogP contribution in [0.3, 0.4) is 0 Å². The van der Waals surface area contributed by atoms with Crippen LogP contribution in [0.2, 0.25) is 0 Å². The Morgan fingerprint density at radius 1 is 1.11 bits per heavy atom. The second-order valence-corrected chi connectivity index (χ2v) is 9.61. The molecule has 1 atom stereocenters. The molecule has 1 N–H and O–H groups in total. The summed E-state index contributed by atoms with van der Waals surface area (Å²) in [6.07, 6.45) is 5.74. The maximum absolute atomic E-state index is 13.3. The normalized spacial score (nSPS) is 19.0. The van der Waals surface area contributed by atoms with Crippen LogP contribution in [0.15, 0.2) is 60.3 Å². The molecule has 1 aliphatic heterocycles. The number of hydrogen-bond donors (Lipinski definition) is 1. The molecule has 1 saturated heterocycles. The quantitative estimate of drug-likeness (QED) is 0.325. The van der Waals surface area contributed by atoms with Crippen LogP contribution in [0.4, 0.5) is 0 Å². The van der Waals surface area contributed by atoms with Crippen LogP contribution < -0.4 is 0 Å². The SMILES string of the molecule is CCCCC1(C)CC(=O)N(Cc2ccc(-c3ccccc3-c3nn[nH]n3)cc2)/C(=C/C(=O)OCC)C1. The topological polar surface area (TPSA) is 101 Å². The van der Waals surface area contributed by atoms with Gasteiger partial charge in [0.2, 0.25) is 11.7 Å². The van der Waals surface area contributed by atoms with E-state index in [0.29, 0.717) is 31.8 Å². The van der Waals surface area contributed by atoms with Crippen LogP contribution in [0.5, 0.6) is 0 Å². The Morgan fingerprint density at radius 2 is 1.86 bits per heavy atom. The molecule has 8 heteroatoms. The van der Waals surface area contributed by atoms with Gasteiger partial charge in [0.15, 0.2) is 0 Å². The van der Waals surface area contributed by atoms with E-state index >= 15 is 0 Å². The van der Waals surface area contributed by atoms with E-state index in [1.54, 1.807) is 11.8 Å². The fraction of sp³-hybridized carbons (Fsp3) is 0.393. The number of esters is 1. The van der Waals surface area contributed by atoms with E-state index in [1.165, 1.54) is 6.08 Å². The molecule has 36 heavy (non-hydrogen) atoms. The molecular formula is C28H33N5O3. The number of aromatic nitrogens is 4. The van der Waals surface area contributed by atoms with Crippen LogP contribution in [0.25, 0.3) is 22.5 Å². The highest BCUT2D eigenvalue weighted by molar-refractivity contribution is 5.86. The molecule has 8 nitrogen and oxygen atoms in total. The average Bonchev–Trinajstić information content (AvgIpc) is 3.41. The van der Waals surface area contributed by atoms with Gasteiger partial charge in [0.1, 0.15) is 0 Å². The van der Waals surface area contributed by atoms with Crippen molar-refractivity contribution >= 4 is 11.9 Å². The summed E-state index contributed by atoms with van der Waals surface area (Å²) in [5.41, 5.74) is 4.46. The van der Waals surface area contributed by atoms with Crippen LogP contribution in [-0.2, 0) is 20.9 Å². The van der Waals surface area contributed by atoms with Crippen LogP contribution in [-0.4, -0.2) is 44.0 Å². The second kappa shape index (κ2) is 11.3. The third kappa shape index (κ3) is 5.87. The number of nitrogens with one attached hydrogen (secondary N) is 1. The highest BCUT2D eigenvalue weighted by atomic mass is 16.5. The van der Waals surface area contributed by atoms with E-state index in [9.17, 15) is 9.59 Å². The van der Waals surface area contributed by atoms with Crippen molar-refractivity contribution in [2.45, 2.75) is 59.4 Å². The molecule has 0 aliphatic carbocycles. The number of carbonyl (C=O) groups is 2. The molecule has 2 aromatic carbocycles. The Bertz CT molecular complexity index is 1220. The predicted octanol–water partition coefficient (Wildman–Crippen LogP) is 5.30. The zero-order valence-electron chi connectivity index (χ0n) is 21.2. The average molecular weight is 488 g/mol. The Morgan fingerprint density at radius 3 is 2.53 bits per heavy atom. The first-order valence-corrected chi connectivity index (χ1v) is 12.5. The molecule has 0 radical (unpaired) electrons. The van der Waals surface area contributed by atoms with E-state index in [1.807, 2.05) is 48.5 Å². The van der Waals surface area contributed by atoms with Crippen LogP contribution >= 0.6 is 0 Å². The Labute approximate surface area is 211 Å². The standard InChI is InChI=1S/C28H33N5O3/c1-4-6-15-28(3)17-22(16-26(35)36-5-2)33(25(34)18-28)19-20-11-13-21(14-12-20)23-9-7-8-10-24(23)27-29-31-32-30-27/h7-14,16H,4-6,15,17-19H2,1-3H3,(H,29,30,31,32)/b22-16+. The fourth-order valence-corrected chi connectivity index (χ4v) is 4.81. The molecule has 4 rings (SSSR count). The van der Waals surface area contributed by atoms with E-state index in [2.05, 4.69) is 34.5 Å². The van der Waals surface area contributed by atoms with E-state index in [4.69, 9.17) is 4.74 Å². The lowest BCUT2D eigenvalue weighted by atomic mass is 9.74. The third-order valence-electron chi connectivity index (χ3n) is 6.66. The molecule has 1 amide bonds. The lowest BCUT2D eigenvalue weighted by Crippen LogP contribution is -2.41. The maximum Gasteiger partial charge on any atom is 0.332 e. The van der Waals surface area contributed by atoms with E-state index < -0.39 is 5.97 Å². The Kier molecular flexibility index (Phi) is 7.93. The summed E-state index contributed by atoms with van der Waals surface area (Å²) in [5, 5.41) is 14.4. The van der Waals surface area contributed by atoms with Gasteiger partial charge < -0.3 is 9.64 Å². The molecule has 2 heterocycles. The van der Waals surface area contributed by atoms with Gasteiger partial charge in [-0.15, -0.1) is 10.2 Å². The second-order valence-electron chi connectivity index (χ2n) is 9.61. The number of amides is 1. The highest BCUT2D eigenvalue weighted by Gasteiger charge is 2.38. The van der Waals surface area contributed by atoms with Crippen molar-refractivity contribution in [3.63, 3.8) is 0 Å². The molecule has 3 aromatic rings. The smallest absolute Gasteiger partial charge is 0.332 e. The highest BCUT2D eigenvalue weighted by Crippen LogP contribution is 2.42. The zero-order chi connectivity index (χ0) is 25.5. The first-order chi connectivity index (χ1) is 17.4. The molecule has 188 valence electrons. The Balaban J connectivity index is 1.57. The van der Waals surface area contributed by atoms with Crippen LogP contribution in [0, 0.1) is 5.41 Å². The summed E-state index contributed by atoms with van der Waals surface area (Å²) >= 11 is 0. The number of carbonyl (C=O) groups excluding carboxylic acids is 2. The van der Waals surface area contributed by atoms with Crippen LogP contribution in [0.1, 0.15) is 58.4 Å². The van der Waals surface area contributed by atoms with Gasteiger partial charge in [-0.25, -0.2) is 4.79 Å². The van der Waals surface area contributed by atoms with Gasteiger partial charge in [-0.05, 0) is 47.1 Å². The summed E-state index contributed by atoms with van der Waals surface area (Å²) in [6.45, 7) is 6.79. The molecule has 0 spiro atoms. The van der Waals surface area contributed by atoms with Crippen molar-refractivity contribution in [1.82, 2.24) is 25.5 Å². The molecule has 0 bridgehead atoms. The third-order valence-corrected chi connectivity index (χ3v) is 6.66. The molecule has 1 unspecified atom stereocenters. The van der Waals surface area contributed by atoms with E-state index in [0.717, 1.165) is 47.2 Å². The van der Waals surface area contributed by atoms with Crippen molar-refractivity contribution in [1.29, 1.82) is 0 Å². The van der Waals surface area contributed by atoms with Gasteiger partial charge in [-0.1, -0.05) is 75.2 Å². The fourth-order valence-electron chi connectivity index (χ4n) is 4.81. The lowest BCUT2D eigenvalue weighted by molar-refractivity contribution is -0.137. The number of ether oxygens (including phenoxy) is 1. The van der Waals surface area contributed by atoms with Crippen molar-refractivity contribution in [3.8, 4) is 22.5 Å². The molecule has 1 fully saturated rings. The summed E-state index contributed by atoms with van der Waals surface area (Å²) < 4.78 is 5.16. The van der Waals surface area contributed by atoms with Crippen molar-refractivity contribution in [2.75, 3.05) is 6.61 Å². The zero-order valence-corrected chi connectivity index (χ0v) is 21.2. The number of benzene rings is 2. The molecule has 1 aliphatic rings. The van der Waals surface area contributed by atoms with Gasteiger partial charge in [0, 0.05) is 23.8 Å². The summed E-state index contributed by atoms with van der Waals surface area (Å²) in [6, 6.07) is 16.0. The molecule has 1 aromatic heterocycles. The number of allylic oxidation sites excluding steroid dienone is 1. The summed E-state index contributed by atoms with van der Waals surface area (Å²) in [4.78, 5) is 27.4. The number of likely N-dealkylation sites (tertiary alicyclic amines) is 1. The first kappa shape index (κ1) is 25.3. The maximum atomic E-state index is 13.3.